The summed E-state index contributed by atoms with van der Waals surface area (Å²) in [6.07, 6.45) is 2.13. The maximum atomic E-state index is 11.5. The first-order chi connectivity index (χ1) is 8.13. The van der Waals surface area contributed by atoms with Crippen molar-refractivity contribution in [2.45, 2.75) is 39.7 Å². The minimum Gasteiger partial charge on any atom is -0.466 e. The summed E-state index contributed by atoms with van der Waals surface area (Å²) in [5.41, 5.74) is 0. The molecule has 0 saturated carbocycles. The van der Waals surface area contributed by atoms with Gasteiger partial charge in [0.15, 0.2) is 0 Å². The fraction of sp³-hybridized carbons (Fsp3) is 0.923. The Hall–Kier alpha value is -0.610. The van der Waals surface area contributed by atoms with Crippen molar-refractivity contribution in [3.8, 4) is 0 Å². The van der Waals surface area contributed by atoms with Gasteiger partial charge in [-0.1, -0.05) is 0 Å². The standard InChI is InChI=1S/C13H25NO3/c1-4-16-13(15)12-5-7-14(8-6-12)9-10-17-11(2)3/h11-12H,4-10H2,1-3H3. The second kappa shape index (κ2) is 7.67. The van der Waals surface area contributed by atoms with Gasteiger partial charge in [0.05, 0.1) is 25.2 Å². The van der Waals surface area contributed by atoms with Crippen molar-refractivity contribution in [1.29, 1.82) is 0 Å². The highest BCUT2D eigenvalue weighted by Crippen LogP contribution is 2.18. The van der Waals surface area contributed by atoms with Crippen molar-refractivity contribution in [2.75, 3.05) is 32.8 Å². The van der Waals surface area contributed by atoms with E-state index in [1.165, 1.54) is 0 Å². The van der Waals surface area contributed by atoms with E-state index < -0.39 is 0 Å². The van der Waals surface area contributed by atoms with Crippen molar-refractivity contribution >= 4 is 5.97 Å². The molecule has 17 heavy (non-hydrogen) atoms. The van der Waals surface area contributed by atoms with Gasteiger partial charge in [0.25, 0.3) is 0 Å². The third-order valence-electron chi connectivity index (χ3n) is 3.07. The number of hydrogen-bond acceptors (Lipinski definition) is 4. The van der Waals surface area contributed by atoms with Crippen molar-refractivity contribution in [2.24, 2.45) is 5.92 Å². The molecule has 4 heteroatoms. The van der Waals surface area contributed by atoms with Crippen LogP contribution in [0.15, 0.2) is 0 Å². The first-order valence-corrected chi connectivity index (χ1v) is 6.64. The smallest absolute Gasteiger partial charge is 0.309 e. The summed E-state index contributed by atoms with van der Waals surface area (Å²) in [5, 5.41) is 0. The summed E-state index contributed by atoms with van der Waals surface area (Å²) < 4.78 is 10.6. The van der Waals surface area contributed by atoms with Gasteiger partial charge < -0.3 is 14.4 Å². The van der Waals surface area contributed by atoms with E-state index in [0.717, 1.165) is 39.1 Å². The highest BCUT2D eigenvalue weighted by Gasteiger charge is 2.25. The Labute approximate surface area is 104 Å². The quantitative estimate of drug-likeness (QED) is 0.665. The Morgan fingerprint density at radius 2 is 2.00 bits per heavy atom. The monoisotopic (exact) mass is 243 g/mol. The molecule has 0 amide bonds. The fourth-order valence-corrected chi connectivity index (χ4v) is 2.07. The zero-order valence-corrected chi connectivity index (χ0v) is 11.3. The number of carbonyl (C=O) groups is 1. The number of piperidine rings is 1. The molecule has 100 valence electrons. The molecule has 1 fully saturated rings. The number of carbonyl (C=O) groups excluding carboxylic acids is 1. The lowest BCUT2D eigenvalue weighted by Gasteiger charge is -2.30. The lowest BCUT2D eigenvalue weighted by Crippen LogP contribution is -2.38. The summed E-state index contributed by atoms with van der Waals surface area (Å²) in [7, 11) is 0. The molecule has 0 aromatic heterocycles. The largest absolute Gasteiger partial charge is 0.466 e. The van der Waals surface area contributed by atoms with Gasteiger partial charge in [0.1, 0.15) is 0 Å². The Morgan fingerprint density at radius 1 is 1.35 bits per heavy atom. The molecule has 0 radical (unpaired) electrons. The zero-order chi connectivity index (χ0) is 12.7. The Kier molecular flexibility index (Phi) is 6.52. The Balaban J connectivity index is 2.15. The third-order valence-corrected chi connectivity index (χ3v) is 3.07. The molecular weight excluding hydrogens is 218 g/mol. The van der Waals surface area contributed by atoms with Crippen molar-refractivity contribution in [3.05, 3.63) is 0 Å². The van der Waals surface area contributed by atoms with Gasteiger partial charge in [-0.15, -0.1) is 0 Å². The highest BCUT2D eigenvalue weighted by molar-refractivity contribution is 5.72. The van der Waals surface area contributed by atoms with Crippen LogP contribution in [0.1, 0.15) is 33.6 Å². The average molecular weight is 243 g/mol. The van der Waals surface area contributed by atoms with Crippen molar-refractivity contribution in [3.63, 3.8) is 0 Å². The van der Waals surface area contributed by atoms with E-state index in [-0.39, 0.29) is 11.9 Å². The predicted octanol–water partition coefficient (Wildman–Crippen LogP) is 1.69. The number of likely N-dealkylation sites (tertiary alicyclic amines) is 1. The summed E-state index contributed by atoms with van der Waals surface area (Å²) in [5.74, 6) is 0.0859. The number of rotatable bonds is 6. The molecule has 0 unspecified atom stereocenters. The summed E-state index contributed by atoms with van der Waals surface area (Å²) in [6.45, 7) is 10.1. The van der Waals surface area contributed by atoms with Crippen LogP contribution in [0.5, 0.6) is 0 Å². The molecule has 1 rings (SSSR count). The molecule has 0 aliphatic carbocycles. The van der Waals surface area contributed by atoms with Crippen LogP contribution in [-0.2, 0) is 14.3 Å². The van der Waals surface area contributed by atoms with E-state index in [1.807, 2.05) is 20.8 Å². The van der Waals surface area contributed by atoms with Gasteiger partial charge in [-0.2, -0.15) is 0 Å². The lowest BCUT2D eigenvalue weighted by atomic mass is 9.97. The highest BCUT2D eigenvalue weighted by atomic mass is 16.5. The van der Waals surface area contributed by atoms with Gasteiger partial charge >= 0.3 is 5.97 Å². The Bertz CT molecular complexity index is 223. The van der Waals surface area contributed by atoms with E-state index in [9.17, 15) is 4.79 Å². The molecule has 1 aliphatic heterocycles. The SMILES string of the molecule is CCOC(=O)C1CCN(CCOC(C)C)CC1. The van der Waals surface area contributed by atoms with Crippen molar-refractivity contribution in [1.82, 2.24) is 4.90 Å². The van der Waals surface area contributed by atoms with Gasteiger partial charge in [0, 0.05) is 6.54 Å². The number of nitrogens with zero attached hydrogens (tertiary/aromatic N) is 1. The van der Waals surface area contributed by atoms with Crippen LogP contribution in [0, 0.1) is 5.92 Å². The normalized spacial score (nSPS) is 18.6. The van der Waals surface area contributed by atoms with Crippen LogP contribution in [0.3, 0.4) is 0 Å². The minimum atomic E-state index is -0.0226. The minimum absolute atomic E-state index is 0.0226. The number of ether oxygens (including phenoxy) is 2. The molecule has 0 bridgehead atoms. The van der Waals surface area contributed by atoms with Crippen LogP contribution < -0.4 is 0 Å². The second-order valence-electron chi connectivity index (χ2n) is 4.79. The summed E-state index contributed by atoms with van der Waals surface area (Å²) in [6, 6.07) is 0. The molecule has 1 heterocycles. The first kappa shape index (κ1) is 14.5. The lowest BCUT2D eigenvalue weighted by molar-refractivity contribution is -0.149. The number of hydrogen-bond donors (Lipinski definition) is 0. The van der Waals surface area contributed by atoms with Gasteiger partial charge in [-0.3, -0.25) is 4.79 Å². The predicted molar refractivity (Wildman–Crippen MR) is 66.9 cm³/mol. The average Bonchev–Trinajstić information content (AvgIpc) is 2.30. The van der Waals surface area contributed by atoms with Crippen LogP contribution in [-0.4, -0.2) is 49.8 Å². The van der Waals surface area contributed by atoms with E-state index in [4.69, 9.17) is 9.47 Å². The second-order valence-corrected chi connectivity index (χ2v) is 4.79. The summed E-state index contributed by atoms with van der Waals surface area (Å²) in [4.78, 5) is 13.9. The zero-order valence-electron chi connectivity index (χ0n) is 11.3. The van der Waals surface area contributed by atoms with Crippen LogP contribution in [0.25, 0.3) is 0 Å². The van der Waals surface area contributed by atoms with Crippen LogP contribution in [0.2, 0.25) is 0 Å². The molecule has 1 saturated heterocycles. The van der Waals surface area contributed by atoms with Gasteiger partial charge in [-0.05, 0) is 46.7 Å². The molecule has 0 aromatic rings. The number of esters is 1. The maximum Gasteiger partial charge on any atom is 0.309 e. The van der Waals surface area contributed by atoms with E-state index in [2.05, 4.69) is 4.90 Å². The van der Waals surface area contributed by atoms with E-state index >= 15 is 0 Å². The molecule has 4 nitrogen and oxygen atoms in total. The molecule has 0 spiro atoms. The third kappa shape index (κ3) is 5.50. The van der Waals surface area contributed by atoms with E-state index in [1.54, 1.807) is 0 Å². The van der Waals surface area contributed by atoms with Crippen LogP contribution >= 0.6 is 0 Å². The Morgan fingerprint density at radius 3 is 2.53 bits per heavy atom. The topological polar surface area (TPSA) is 38.8 Å². The first-order valence-electron chi connectivity index (χ1n) is 6.64. The molecule has 0 N–H and O–H groups in total. The maximum absolute atomic E-state index is 11.5. The molecule has 0 aromatic carbocycles. The van der Waals surface area contributed by atoms with Crippen molar-refractivity contribution < 1.29 is 14.3 Å². The van der Waals surface area contributed by atoms with E-state index in [0.29, 0.717) is 12.7 Å². The fourth-order valence-electron chi connectivity index (χ4n) is 2.07. The molecule has 1 aliphatic rings. The molecule has 0 atom stereocenters. The van der Waals surface area contributed by atoms with Gasteiger partial charge in [0.2, 0.25) is 0 Å². The van der Waals surface area contributed by atoms with Gasteiger partial charge in [-0.25, -0.2) is 0 Å². The van der Waals surface area contributed by atoms with Crippen LogP contribution in [0.4, 0.5) is 0 Å². The summed E-state index contributed by atoms with van der Waals surface area (Å²) >= 11 is 0. The molecular formula is C13H25NO3.